The minimum absolute atomic E-state index is 0.0209. The Bertz CT molecular complexity index is 491. The number of hydrogen-bond donors (Lipinski definition) is 0. The highest BCUT2D eigenvalue weighted by Gasteiger charge is 2.24. The molecule has 3 rings (SSSR count). The molecule has 0 N–H and O–H groups in total. The zero-order chi connectivity index (χ0) is 13.9. The van der Waals surface area contributed by atoms with Crippen molar-refractivity contribution in [3.8, 4) is 11.5 Å². The largest absolute Gasteiger partial charge is 0.489 e. The molecule has 1 aromatic carbocycles. The molecule has 1 fully saturated rings. The minimum atomic E-state index is -0.0209. The van der Waals surface area contributed by atoms with Crippen LogP contribution in [0.2, 0.25) is 0 Å². The van der Waals surface area contributed by atoms with Crippen LogP contribution in [0.4, 0.5) is 0 Å². The zero-order valence-corrected chi connectivity index (χ0v) is 11.8. The van der Waals surface area contributed by atoms with Crippen molar-refractivity contribution in [2.75, 3.05) is 26.4 Å². The Hall–Kier alpha value is -1.55. The summed E-state index contributed by atoms with van der Waals surface area (Å²) < 4.78 is 16.8. The van der Waals surface area contributed by atoms with Crippen LogP contribution in [0.1, 0.15) is 30.1 Å². The minimum Gasteiger partial charge on any atom is -0.489 e. The first-order chi connectivity index (χ1) is 9.74. The lowest BCUT2D eigenvalue weighted by atomic mass is 9.92. The molecule has 1 saturated heterocycles. The Kier molecular flexibility index (Phi) is 3.92. The Morgan fingerprint density at radius 3 is 2.70 bits per heavy atom. The molecule has 2 atom stereocenters. The van der Waals surface area contributed by atoms with Crippen molar-refractivity contribution in [3.05, 3.63) is 23.8 Å². The SMILES string of the molecule is CC1COc2ccc(C(=O)C3CCCOC3)cc2OC1. The molecule has 20 heavy (non-hydrogen) atoms. The van der Waals surface area contributed by atoms with E-state index in [0.29, 0.717) is 37.1 Å². The van der Waals surface area contributed by atoms with Crippen LogP contribution in [0.5, 0.6) is 11.5 Å². The second kappa shape index (κ2) is 5.83. The van der Waals surface area contributed by atoms with Gasteiger partial charge in [0.2, 0.25) is 0 Å². The van der Waals surface area contributed by atoms with E-state index in [2.05, 4.69) is 6.92 Å². The standard InChI is InChI=1S/C16H20O4/c1-11-8-19-14-5-4-12(7-15(14)20-9-11)16(17)13-3-2-6-18-10-13/h4-5,7,11,13H,2-3,6,8-10H2,1H3. The predicted octanol–water partition coefficient (Wildman–Crippen LogP) is 2.70. The summed E-state index contributed by atoms with van der Waals surface area (Å²) in [5.74, 6) is 1.89. The van der Waals surface area contributed by atoms with Crippen LogP contribution >= 0.6 is 0 Å². The van der Waals surface area contributed by atoms with Gasteiger partial charge in [-0.2, -0.15) is 0 Å². The number of carbonyl (C=O) groups is 1. The van der Waals surface area contributed by atoms with Gasteiger partial charge in [0.1, 0.15) is 0 Å². The summed E-state index contributed by atoms with van der Waals surface area (Å²) >= 11 is 0. The Morgan fingerprint density at radius 1 is 1.15 bits per heavy atom. The van der Waals surface area contributed by atoms with Gasteiger partial charge in [0.15, 0.2) is 17.3 Å². The van der Waals surface area contributed by atoms with Gasteiger partial charge in [-0.25, -0.2) is 0 Å². The van der Waals surface area contributed by atoms with E-state index in [1.165, 1.54) is 0 Å². The third-order valence-corrected chi connectivity index (χ3v) is 3.81. The maximum absolute atomic E-state index is 12.5. The predicted molar refractivity (Wildman–Crippen MR) is 74.5 cm³/mol. The van der Waals surface area contributed by atoms with E-state index in [1.807, 2.05) is 18.2 Å². The van der Waals surface area contributed by atoms with Crippen molar-refractivity contribution in [2.24, 2.45) is 11.8 Å². The van der Waals surface area contributed by atoms with Crippen LogP contribution in [0, 0.1) is 11.8 Å². The summed E-state index contributed by atoms with van der Waals surface area (Å²) in [5, 5.41) is 0. The van der Waals surface area contributed by atoms with Gasteiger partial charge >= 0.3 is 0 Å². The number of ether oxygens (including phenoxy) is 3. The number of benzene rings is 1. The molecule has 0 aliphatic carbocycles. The lowest BCUT2D eigenvalue weighted by Gasteiger charge is -2.21. The first-order valence-electron chi connectivity index (χ1n) is 7.25. The average molecular weight is 276 g/mol. The smallest absolute Gasteiger partial charge is 0.168 e. The van der Waals surface area contributed by atoms with Crippen LogP contribution < -0.4 is 9.47 Å². The number of carbonyl (C=O) groups excluding carboxylic acids is 1. The number of hydrogen-bond acceptors (Lipinski definition) is 4. The fourth-order valence-corrected chi connectivity index (χ4v) is 2.59. The van der Waals surface area contributed by atoms with Crippen molar-refractivity contribution in [3.63, 3.8) is 0 Å². The molecule has 2 unspecified atom stereocenters. The van der Waals surface area contributed by atoms with Crippen molar-refractivity contribution in [1.82, 2.24) is 0 Å². The highest BCUT2D eigenvalue weighted by Crippen LogP contribution is 2.32. The molecule has 4 nitrogen and oxygen atoms in total. The lowest BCUT2D eigenvalue weighted by Crippen LogP contribution is -2.25. The van der Waals surface area contributed by atoms with Crippen molar-refractivity contribution in [1.29, 1.82) is 0 Å². The van der Waals surface area contributed by atoms with E-state index in [0.717, 1.165) is 25.2 Å². The van der Waals surface area contributed by atoms with Crippen LogP contribution in [-0.2, 0) is 4.74 Å². The second-order valence-electron chi connectivity index (χ2n) is 5.67. The van der Waals surface area contributed by atoms with Gasteiger partial charge in [-0.1, -0.05) is 6.92 Å². The molecule has 2 aliphatic rings. The quantitative estimate of drug-likeness (QED) is 0.779. The molecule has 108 valence electrons. The van der Waals surface area contributed by atoms with E-state index in [4.69, 9.17) is 14.2 Å². The van der Waals surface area contributed by atoms with Gasteiger partial charge in [-0.15, -0.1) is 0 Å². The zero-order valence-electron chi connectivity index (χ0n) is 11.8. The Balaban J connectivity index is 1.79. The molecule has 0 radical (unpaired) electrons. The third-order valence-electron chi connectivity index (χ3n) is 3.81. The maximum atomic E-state index is 12.5. The molecular formula is C16H20O4. The number of fused-ring (bicyclic) bond motifs is 1. The highest BCUT2D eigenvalue weighted by atomic mass is 16.5. The van der Waals surface area contributed by atoms with Gasteiger partial charge in [0, 0.05) is 24.0 Å². The molecule has 4 heteroatoms. The van der Waals surface area contributed by atoms with Crippen molar-refractivity contribution >= 4 is 5.78 Å². The summed E-state index contributed by atoms with van der Waals surface area (Å²) in [6, 6.07) is 5.48. The molecular weight excluding hydrogens is 256 g/mol. The highest BCUT2D eigenvalue weighted by molar-refractivity contribution is 5.98. The Morgan fingerprint density at radius 2 is 1.95 bits per heavy atom. The van der Waals surface area contributed by atoms with Crippen LogP contribution in [-0.4, -0.2) is 32.2 Å². The fraction of sp³-hybridized carbons (Fsp3) is 0.562. The average Bonchev–Trinajstić information content (AvgIpc) is 2.69. The molecule has 0 amide bonds. The van der Waals surface area contributed by atoms with Crippen molar-refractivity contribution < 1.29 is 19.0 Å². The third kappa shape index (κ3) is 2.80. The number of ketones is 1. The van der Waals surface area contributed by atoms with E-state index in [1.54, 1.807) is 0 Å². The second-order valence-corrected chi connectivity index (χ2v) is 5.67. The molecule has 0 aromatic heterocycles. The summed E-state index contributed by atoms with van der Waals surface area (Å²) in [4.78, 5) is 12.5. The van der Waals surface area contributed by atoms with Gasteiger partial charge in [0.25, 0.3) is 0 Å². The molecule has 0 saturated carbocycles. The fourth-order valence-electron chi connectivity index (χ4n) is 2.59. The molecule has 0 bridgehead atoms. The van der Waals surface area contributed by atoms with Crippen LogP contribution in [0.25, 0.3) is 0 Å². The summed E-state index contributed by atoms with van der Waals surface area (Å²) in [7, 11) is 0. The van der Waals surface area contributed by atoms with E-state index < -0.39 is 0 Å². The summed E-state index contributed by atoms with van der Waals surface area (Å²) in [6.07, 6.45) is 1.86. The number of rotatable bonds is 2. The molecule has 2 aliphatic heterocycles. The molecule has 2 heterocycles. The first kappa shape index (κ1) is 13.4. The maximum Gasteiger partial charge on any atom is 0.168 e. The van der Waals surface area contributed by atoms with E-state index >= 15 is 0 Å². The van der Waals surface area contributed by atoms with E-state index in [9.17, 15) is 4.79 Å². The normalized spacial score (nSPS) is 25.9. The monoisotopic (exact) mass is 276 g/mol. The van der Waals surface area contributed by atoms with Gasteiger partial charge in [0.05, 0.1) is 19.8 Å². The van der Waals surface area contributed by atoms with Crippen molar-refractivity contribution in [2.45, 2.75) is 19.8 Å². The Labute approximate surface area is 119 Å². The van der Waals surface area contributed by atoms with Crippen LogP contribution in [0.3, 0.4) is 0 Å². The molecule has 0 spiro atoms. The summed E-state index contributed by atoms with van der Waals surface area (Å²) in [6.45, 7) is 4.65. The van der Waals surface area contributed by atoms with Gasteiger partial charge in [-0.3, -0.25) is 4.79 Å². The summed E-state index contributed by atoms with van der Waals surface area (Å²) in [5.41, 5.74) is 0.692. The molecule has 1 aromatic rings. The van der Waals surface area contributed by atoms with Gasteiger partial charge < -0.3 is 14.2 Å². The topological polar surface area (TPSA) is 44.8 Å². The van der Waals surface area contributed by atoms with E-state index in [-0.39, 0.29) is 11.7 Å². The van der Waals surface area contributed by atoms with Crippen LogP contribution in [0.15, 0.2) is 18.2 Å². The lowest BCUT2D eigenvalue weighted by molar-refractivity contribution is 0.0461. The number of Topliss-reactive ketones (excluding diaryl/α,β-unsaturated/α-hetero) is 1. The first-order valence-corrected chi connectivity index (χ1v) is 7.25. The van der Waals surface area contributed by atoms with Gasteiger partial charge in [-0.05, 0) is 31.0 Å².